The fourth-order valence-corrected chi connectivity index (χ4v) is 3.85. The van der Waals surface area contributed by atoms with Crippen molar-refractivity contribution in [3.63, 3.8) is 0 Å². The second-order valence-electron chi connectivity index (χ2n) is 5.09. The molecule has 1 atom stereocenters. The number of benzene rings is 1. The van der Waals surface area contributed by atoms with Crippen molar-refractivity contribution in [3.8, 4) is 0 Å². The number of thioether (sulfide) groups is 1. The molecule has 6 heteroatoms. The van der Waals surface area contributed by atoms with Crippen molar-refractivity contribution in [1.29, 1.82) is 0 Å². The van der Waals surface area contributed by atoms with Gasteiger partial charge in [0.25, 0.3) is 5.91 Å². The summed E-state index contributed by atoms with van der Waals surface area (Å²) >= 11 is 1.35. The SMILES string of the molecule is O=C1N=C(Nc2ccc(F)cc2F)SC1C1CCCC1. The summed E-state index contributed by atoms with van der Waals surface area (Å²) in [5.74, 6) is -1.10. The molecule has 1 aromatic rings. The maximum absolute atomic E-state index is 13.5. The highest BCUT2D eigenvalue weighted by Gasteiger charge is 2.36. The van der Waals surface area contributed by atoms with Gasteiger partial charge in [-0.25, -0.2) is 8.78 Å². The number of amides is 1. The lowest BCUT2D eigenvalue weighted by atomic mass is 10.0. The largest absolute Gasteiger partial charge is 0.332 e. The molecule has 0 radical (unpaired) electrons. The zero-order valence-electron chi connectivity index (χ0n) is 10.7. The van der Waals surface area contributed by atoms with E-state index >= 15 is 0 Å². The van der Waals surface area contributed by atoms with E-state index in [0.29, 0.717) is 11.1 Å². The van der Waals surface area contributed by atoms with Gasteiger partial charge in [0.1, 0.15) is 11.6 Å². The van der Waals surface area contributed by atoms with Crippen LogP contribution >= 0.6 is 11.8 Å². The van der Waals surface area contributed by atoms with Crippen LogP contribution in [0.4, 0.5) is 14.5 Å². The van der Waals surface area contributed by atoms with E-state index < -0.39 is 11.6 Å². The fourth-order valence-electron chi connectivity index (χ4n) is 2.68. The fraction of sp³-hybridized carbons (Fsp3) is 0.429. The molecule has 2 aliphatic rings. The maximum atomic E-state index is 13.5. The van der Waals surface area contributed by atoms with Gasteiger partial charge in [-0.3, -0.25) is 4.79 Å². The summed E-state index contributed by atoms with van der Waals surface area (Å²) in [6.07, 6.45) is 4.42. The van der Waals surface area contributed by atoms with E-state index in [9.17, 15) is 13.6 Å². The molecule has 3 nitrogen and oxygen atoms in total. The molecule has 1 heterocycles. The number of aliphatic imine (C=N–C) groups is 1. The number of hydrogen-bond acceptors (Lipinski definition) is 3. The molecule has 1 aromatic carbocycles. The molecule has 0 spiro atoms. The Kier molecular flexibility index (Phi) is 3.74. The van der Waals surface area contributed by atoms with Crippen LogP contribution in [0.2, 0.25) is 0 Å². The molecule has 1 N–H and O–H groups in total. The summed E-state index contributed by atoms with van der Waals surface area (Å²) in [6.45, 7) is 0. The minimum atomic E-state index is -0.690. The number of carbonyl (C=O) groups excluding carboxylic acids is 1. The molecular formula is C14H14F2N2OS. The maximum Gasteiger partial charge on any atom is 0.261 e. The second-order valence-corrected chi connectivity index (χ2v) is 6.22. The second kappa shape index (κ2) is 5.52. The van der Waals surface area contributed by atoms with Crippen molar-refractivity contribution < 1.29 is 13.6 Å². The summed E-state index contributed by atoms with van der Waals surface area (Å²) in [5.41, 5.74) is 0.137. The Labute approximate surface area is 119 Å². The summed E-state index contributed by atoms with van der Waals surface area (Å²) in [6, 6.07) is 3.28. The lowest BCUT2D eigenvalue weighted by Gasteiger charge is -2.14. The first-order valence-electron chi connectivity index (χ1n) is 6.65. The van der Waals surface area contributed by atoms with Crippen LogP contribution < -0.4 is 5.32 Å². The smallest absolute Gasteiger partial charge is 0.261 e. The van der Waals surface area contributed by atoms with Crippen molar-refractivity contribution in [2.75, 3.05) is 5.32 Å². The van der Waals surface area contributed by atoms with Crippen molar-refractivity contribution in [1.82, 2.24) is 0 Å². The third-order valence-electron chi connectivity index (χ3n) is 3.69. The Bertz CT molecular complexity index is 570. The first kappa shape index (κ1) is 13.5. The van der Waals surface area contributed by atoms with E-state index in [0.717, 1.165) is 31.7 Å². The average molecular weight is 296 g/mol. The van der Waals surface area contributed by atoms with Gasteiger partial charge in [-0.1, -0.05) is 24.6 Å². The van der Waals surface area contributed by atoms with Crippen molar-refractivity contribution in [2.24, 2.45) is 10.9 Å². The summed E-state index contributed by atoms with van der Waals surface area (Å²) in [4.78, 5) is 15.8. The Hall–Kier alpha value is -1.43. The topological polar surface area (TPSA) is 41.5 Å². The van der Waals surface area contributed by atoms with Crippen molar-refractivity contribution in [2.45, 2.75) is 30.9 Å². The van der Waals surface area contributed by atoms with Crippen LogP contribution in [0.25, 0.3) is 0 Å². The monoisotopic (exact) mass is 296 g/mol. The zero-order valence-corrected chi connectivity index (χ0v) is 11.6. The third-order valence-corrected chi connectivity index (χ3v) is 4.95. The Morgan fingerprint density at radius 2 is 2.00 bits per heavy atom. The Morgan fingerprint density at radius 3 is 2.70 bits per heavy atom. The molecule has 1 aliphatic heterocycles. The Morgan fingerprint density at radius 1 is 1.25 bits per heavy atom. The van der Waals surface area contributed by atoms with Gasteiger partial charge >= 0.3 is 0 Å². The summed E-state index contributed by atoms with van der Waals surface area (Å²) in [7, 11) is 0. The number of carbonyl (C=O) groups is 1. The van der Waals surface area contributed by atoms with Crippen LogP contribution in [-0.2, 0) is 4.79 Å². The first-order valence-corrected chi connectivity index (χ1v) is 7.53. The highest BCUT2D eigenvalue weighted by molar-refractivity contribution is 8.15. The minimum Gasteiger partial charge on any atom is -0.332 e. The lowest BCUT2D eigenvalue weighted by Crippen LogP contribution is -2.20. The molecular weight excluding hydrogens is 282 g/mol. The van der Waals surface area contributed by atoms with E-state index in [1.807, 2.05) is 0 Å². The van der Waals surface area contributed by atoms with Gasteiger partial charge in [-0.05, 0) is 30.9 Å². The number of rotatable bonds is 2. The number of hydrogen-bond donors (Lipinski definition) is 1. The number of amidine groups is 1. The molecule has 0 saturated heterocycles. The minimum absolute atomic E-state index is 0.137. The molecule has 3 rings (SSSR count). The molecule has 1 saturated carbocycles. The number of halogens is 2. The predicted octanol–water partition coefficient (Wildman–Crippen LogP) is 3.56. The van der Waals surface area contributed by atoms with E-state index in [1.54, 1.807) is 0 Å². The average Bonchev–Trinajstić information content (AvgIpc) is 3.02. The van der Waals surface area contributed by atoms with E-state index in [4.69, 9.17) is 0 Å². The van der Waals surface area contributed by atoms with Crippen LogP contribution in [0.5, 0.6) is 0 Å². The van der Waals surface area contributed by atoms with Crippen molar-refractivity contribution >= 4 is 28.5 Å². The van der Waals surface area contributed by atoms with Crippen LogP contribution in [-0.4, -0.2) is 16.3 Å². The van der Waals surface area contributed by atoms with Gasteiger partial charge in [0, 0.05) is 6.07 Å². The van der Waals surface area contributed by atoms with Gasteiger partial charge in [-0.15, -0.1) is 0 Å². The van der Waals surface area contributed by atoms with Gasteiger partial charge < -0.3 is 5.32 Å². The normalized spacial score (nSPS) is 23.2. The standard InChI is InChI=1S/C14H14F2N2OS/c15-9-5-6-11(10(16)7-9)17-14-18-13(19)12(20-14)8-3-1-2-4-8/h5-8,12H,1-4H2,(H,17,18,19). The van der Waals surface area contributed by atoms with Gasteiger partial charge in [-0.2, -0.15) is 4.99 Å². The molecule has 1 aliphatic carbocycles. The highest BCUT2D eigenvalue weighted by Crippen LogP contribution is 2.38. The highest BCUT2D eigenvalue weighted by atomic mass is 32.2. The number of anilines is 1. The molecule has 20 heavy (non-hydrogen) atoms. The van der Waals surface area contributed by atoms with E-state index in [1.165, 1.54) is 23.9 Å². The first-order chi connectivity index (χ1) is 9.63. The molecule has 1 fully saturated rings. The number of nitrogens with one attached hydrogen (secondary N) is 1. The van der Waals surface area contributed by atoms with Crippen LogP contribution in [0.1, 0.15) is 25.7 Å². The molecule has 0 bridgehead atoms. The number of nitrogens with zero attached hydrogens (tertiary/aromatic N) is 1. The van der Waals surface area contributed by atoms with Crippen LogP contribution in [0.15, 0.2) is 23.2 Å². The predicted molar refractivity (Wildman–Crippen MR) is 75.8 cm³/mol. The molecule has 1 amide bonds. The van der Waals surface area contributed by atoms with E-state index in [-0.39, 0.29) is 16.8 Å². The summed E-state index contributed by atoms with van der Waals surface area (Å²) in [5, 5.41) is 3.02. The van der Waals surface area contributed by atoms with Gasteiger partial charge in [0.05, 0.1) is 10.9 Å². The molecule has 106 valence electrons. The van der Waals surface area contributed by atoms with E-state index in [2.05, 4.69) is 10.3 Å². The lowest BCUT2D eigenvalue weighted by molar-refractivity contribution is -0.117. The summed E-state index contributed by atoms with van der Waals surface area (Å²) < 4.78 is 26.4. The molecule has 0 aromatic heterocycles. The van der Waals surface area contributed by atoms with Gasteiger partial charge in [0.15, 0.2) is 5.17 Å². The zero-order chi connectivity index (χ0) is 14.1. The Balaban J connectivity index is 1.69. The van der Waals surface area contributed by atoms with Crippen LogP contribution in [0, 0.1) is 17.6 Å². The van der Waals surface area contributed by atoms with Crippen molar-refractivity contribution in [3.05, 3.63) is 29.8 Å². The third kappa shape index (κ3) is 2.70. The van der Waals surface area contributed by atoms with Crippen LogP contribution in [0.3, 0.4) is 0 Å². The van der Waals surface area contributed by atoms with Gasteiger partial charge in [0.2, 0.25) is 0 Å². The quantitative estimate of drug-likeness (QED) is 0.907. The molecule has 1 unspecified atom stereocenters.